The molecule has 1 heterocycles. The van der Waals surface area contributed by atoms with E-state index in [1.54, 1.807) is 0 Å². The molecule has 1 saturated carbocycles. The maximum absolute atomic E-state index is 6.57. The summed E-state index contributed by atoms with van der Waals surface area (Å²) in [4.78, 5) is 4.54. The number of pyridine rings is 1. The maximum Gasteiger partial charge on any atom is 0.0422 e. The van der Waals surface area contributed by atoms with Gasteiger partial charge in [0.1, 0.15) is 0 Å². The van der Waals surface area contributed by atoms with Gasteiger partial charge in [-0.05, 0) is 36.8 Å². The predicted molar refractivity (Wildman–Crippen MR) is 71.9 cm³/mol. The van der Waals surface area contributed by atoms with Crippen LogP contribution in [0.5, 0.6) is 0 Å². The van der Waals surface area contributed by atoms with Crippen LogP contribution in [0.1, 0.15) is 50.8 Å². The Bertz CT molecular complexity index is 358. The smallest absolute Gasteiger partial charge is 0.0422 e. The van der Waals surface area contributed by atoms with Crippen LogP contribution in [0.2, 0.25) is 0 Å². The molecule has 2 unspecified atom stereocenters. The van der Waals surface area contributed by atoms with E-state index < -0.39 is 0 Å². The summed E-state index contributed by atoms with van der Waals surface area (Å²) in [5.41, 5.74) is 8.99. The fourth-order valence-corrected chi connectivity index (χ4v) is 2.81. The standard InChI is InChI=1S/C15H24N2/c1-3-13-7-8-14(17-11-13)10-15(16)9-5-4-6-12(15)2/h7-8,11-12H,3-6,9-10,16H2,1-2H3. The molecule has 1 aliphatic rings. The largest absolute Gasteiger partial charge is 0.325 e. The van der Waals surface area contributed by atoms with Crippen molar-refractivity contribution in [3.8, 4) is 0 Å². The van der Waals surface area contributed by atoms with Gasteiger partial charge in [-0.15, -0.1) is 0 Å². The normalized spacial score (nSPS) is 29.2. The highest BCUT2D eigenvalue weighted by Crippen LogP contribution is 2.33. The van der Waals surface area contributed by atoms with Crippen LogP contribution < -0.4 is 5.73 Å². The highest BCUT2D eigenvalue weighted by Gasteiger charge is 2.34. The zero-order chi connectivity index (χ0) is 12.3. The van der Waals surface area contributed by atoms with E-state index in [1.165, 1.54) is 24.8 Å². The van der Waals surface area contributed by atoms with Gasteiger partial charge in [-0.25, -0.2) is 0 Å². The number of rotatable bonds is 3. The van der Waals surface area contributed by atoms with E-state index in [4.69, 9.17) is 5.73 Å². The van der Waals surface area contributed by atoms with Gasteiger partial charge in [0.25, 0.3) is 0 Å². The van der Waals surface area contributed by atoms with Crippen LogP contribution in [0.4, 0.5) is 0 Å². The third-order valence-electron chi connectivity index (χ3n) is 4.32. The van der Waals surface area contributed by atoms with E-state index in [-0.39, 0.29) is 5.54 Å². The zero-order valence-electron chi connectivity index (χ0n) is 11.1. The number of aryl methyl sites for hydroxylation is 1. The summed E-state index contributed by atoms with van der Waals surface area (Å²) in [5, 5.41) is 0. The molecule has 1 aromatic rings. The van der Waals surface area contributed by atoms with E-state index >= 15 is 0 Å². The van der Waals surface area contributed by atoms with Crippen molar-refractivity contribution in [3.05, 3.63) is 29.6 Å². The molecule has 0 spiro atoms. The lowest BCUT2D eigenvalue weighted by Gasteiger charge is -2.39. The van der Waals surface area contributed by atoms with Crippen molar-refractivity contribution in [1.29, 1.82) is 0 Å². The Morgan fingerprint density at radius 2 is 2.24 bits per heavy atom. The Hall–Kier alpha value is -0.890. The van der Waals surface area contributed by atoms with Gasteiger partial charge in [-0.3, -0.25) is 4.98 Å². The Balaban J connectivity index is 2.07. The van der Waals surface area contributed by atoms with Gasteiger partial charge in [0, 0.05) is 23.9 Å². The van der Waals surface area contributed by atoms with Gasteiger partial charge in [-0.1, -0.05) is 32.8 Å². The molecule has 2 nitrogen and oxygen atoms in total. The Morgan fingerprint density at radius 3 is 2.82 bits per heavy atom. The average Bonchev–Trinajstić information content (AvgIpc) is 2.34. The lowest BCUT2D eigenvalue weighted by atomic mass is 9.72. The maximum atomic E-state index is 6.57. The molecule has 2 rings (SSSR count). The molecule has 17 heavy (non-hydrogen) atoms. The highest BCUT2D eigenvalue weighted by atomic mass is 14.8. The second kappa shape index (κ2) is 5.18. The number of aromatic nitrogens is 1. The summed E-state index contributed by atoms with van der Waals surface area (Å²) in [6.07, 6.45) is 8.99. The number of hydrogen-bond acceptors (Lipinski definition) is 2. The molecular weight excluding hydrogens is 208 g/mol. The molecule has 2 atom stereocenters. The van der Waals surface area contributed by atoms with E-state index in [0.717, 1.165) is 25.0 Å². The van der Waals surface area contributed by atoms with E-state index in [2.05, 4.69) is 31.0 Å². The monoisotopic (exact) mass is 232 g/mol. The van der Waals surface area contributed by atoms with Crippen LogP contribution in [0, 0.1) is 5.92 Å². The zero-order valence-corrected chi connectivity index (χ0v) is 11.1. The molecule has 0 aromatic carbocycles. The van der Waals surface area contributed by atoms with E-state index in [9.17, 15) is 0 Å². The molecule has 0 aliphatic heterocycles. The van der Waals surface area contributed by atoms with Crippen LogP contribution >= 0.6 is 0 Å². The van der Waals surface area contributed by atoms with Crippen molar-refractivity contribution in [3.63, 3.8) is 0 Å². The predicted octanol–water partition coefficient (Wildman–Crippen LogP) is 3.09. The quantitative estimate of drug-likeness (QED) is 0.869. The van der Waals surface area contributed by atoms with Crippen molar-refractivity contribution in [2.75, 3.05) is 0 Å². The summed E-state index contributed by atoms with van der Waals surface area (Å²) >= 11 is 0. The fourth-order valence-electron chi connectivity index (χ4n) is 2.81. The molecule has 0 amide bonds. The lowest BCUT2D eigenvalue weighted by molar-refractivity contribution is 0.202. The van der Waals surface area contributed by atoms with Crippen LogP contribution in [-0.4, -0.2) is 10.5 Å². The molecule has 2 heteroatoms. The number of hydrogen-bond donors (Lipinski definition) is 1. The SMILES string of the molecule is CCc1ccc(CC2(N)CCCCC2C)nc1. The van der Waals surface area contributed by atoms with Gasteiger partial charge >= 0.3 is 0 Å². The van der Waals surface area contributed by atoms with Crippen LogP contribution in [0.15, 0.2) is 18.3 Å². The molecule has 1 aromatic heterocycles. The first-order chi connectivity index (χ1) is 8.14. The van der Waals surface area contributed by atoms with Crippen molar-refractivity contribution in [2.24, 2.45) is 11.7 Å². The number of nitrogens with two attached hydrogens (primary N) is 1. The third kappa shape index (κ3) is 2.86. The molecule has 1 aliphatic carbocycles. The van der Waals surface area contributed by atoms with Crippen molar-refractivity contribution >= 4 is 0 Å². The second-order valence-corrected chi connectivity index (χ2v) is 5.57. The van der Waals surface area contributed by atoms with Gasteiger partial charge in [0.2, 0.25) is 0 Å². The van der Waals surface area contributed by atoms with Crippen molar-refractivity contribution in [2.45, 2.75) is 57.9 Å². The minimum Gasteiger partial charge on any atom is -0.325 e. The molecule has 1 fully saturated rings. The van der Waals surface area contributed by atoms with Crippen LogP contribution in [-0.2, 0) is 12.8 Å². The minimum atomic E-state index is -0.0288. The molecular formula is C15H24N2. The molecule has 0 radical (unpaired) electrons. The third-order valence-corrected chi connectivity index (χ3v) is 4.32. The second-order valence-electron chi connectivity index (χ2n) is 5.57. The summed E-state index contributed by atoms with van der Waals surface area (Å²) in [7, 11) is 0. The number of nitrogens with zero attached hydrogens (tertiary/aromatic N) is 1. The Kier molecular flexibility index (Phi) is 3.82. The summed E-state index contributed by atoms with van der Waals surface area (Å²) in [6, 6.07) is 4.33. The summed E-state index contributed by atoms with van der Waals surface area (Å²) in [6.45, 7) is 4.45. The fraction of sp³-hybridized carbons (Fsp3) is 0.667. The van der Waals surface area contributed by atoms with Gasteiger partial charge < -0.3 is 5.73 Å². The summed E-state index contributed by atoms with van der Waals surface area (Å²) < 4.78 is 0. The lowest BCUT2D eigenvalue weighted by Crippen LogP contribution is -2.50. The average molecular weight is 232 g/mol. The molecule has 2 N–H and O–H groups in total. The van der Waals surface area contributed by atoms with Gasteiger partial charge in [0.05, 0.1) is 0 Å². The first kappa shape index (κ1) is 12.6. The van der Waals surface area contributed by atoms with Gasteiger partial charge in [0.15, 0.2) is 0 Å². The van der Waals surface area contributed by atoms with Crippen molar-refractivity contribution < 1.29 is 0 Å². The van der Waals surface area contributed by atoms with Crippen molar-refractivity contribution in [1.82, 2.24) is 4.98 Å². The summed E-state index contributed by atoms with van der Waals surface area (Å²) in [5.74, 6) is 0.615. The minimum absolute atomic E-state index is 0.0288. The topological polar surface area (TPSA) is 38.9 Å². The highest BCUT2D eigenvalue weighted by molar-refractivity contribution is 5.16. The molecule has 94 valence electrons. The molecule has 0 saturated heterocycles. The first-order valence-electron chi connectivity index (χ1n) is 6.87. The molecule has 0 bridgehead atoms. The van der Waals surface area contributed by atoms with E-state index in [0.29, 0.717) is 5.92 Å². The van der Waals surface area contributed by atoms with Crippen LogP contribution in [0.25, 0.3) is 0 Å². The van der Waals surface area contributed by atoms with Gasteiger partial charge in [-0.2, -0.15) is 0 Å². The Morgan fingerprint density at radius 1 is 1.41 bits per heavy atom. The van der Waals surface area contributed by atoms with Crippen LogP contribution in [0.3, 0.4) is 0 Å². The van der Waals surface area contributed by atoms with E-state index in [1.807, 2.05) is 6.20 Å². The Labute approximate surface area is 105 Å². The first-order valence-corrected chi connectivity index (χ1v) is 6.87.